The summed E-state index contributed by atoms with van der Waals surface area (Å²) in [6, 6.07) is 13.9. The summed E-state index contributed by atoms with van der Waals surface area (Å²) in [6.45, 7) is 5.37. The lowest BCUT2D eigenvalue weighted by Gasteiger charge is -2.25. The van der Waals surface area contributed by atoms with E-state index in [1.807, 2.05) is 6.07 Å². The molecule has 1 aromatic heterocycles. The molecule has 1 aliphatic heterocycles. The number of carbonyl (C=O) groups is 2. The second-order valence-electron chi connectivity index (χ2n) is 10.8. The summed E-state index contributed by atoms with van der Waals surface area (Å²) in [7, 11) is 1.26. The molecule has 0 spiro atoms. The van der Waals surface area contributed by atoms with Crippen LogP contribution < -0.4 is 29.1 Å². The number of rotatable bonds is 13. The number of halogens is 2. The van der Waals surface area contributed by atoms with Crippen LogP contribution in [0.3, 0.4) is 0 Å². The second-order valence-corrected chi connectivity index (χ2v) is 13.9. The number of carbonyl (C=O) groups excluding carboxylic acids is 2. The number of benzene rings is 3. The molecule has 0 radical (unpaired) electrons. The summed E-state index contributed by atoms with van der Waals surface area (Å²) in [5.74, 6) is -0.0394. The summed E-state index contributed by atoms with van der Waals surface area (Å²) in [5, 5.41) is 11.2. The summed E-state index contributed by atoms with van der Waals surface area (Å²) in [5.41, 5.74) is 2.07. The molecule has 3 aromatic carbocycles. The van der Waals surface area contributed by atoms with E-state index in [0.717, 1.165) is 3.57 Å². The Morgan fingerprint density at radius 3 is 2.55 bits per heavy atom. The average Bonchev–Trinajstić information content (AvgIpc) is 3.40. The maximum atomic E-state index is 14.2. The first-order valence-corrected chi connectivity index (χ1v) is 18.2. The largest absolute Gasteiger partial charge is 0.490 e. The number of nitrogens with zero attached hydrogens (tertiary/aromatic N) is 3. The van der Waals surface area contributed by atoms with Crippen molar-refractivity contribution in [1.29, 1.82) is 0 Å². The molecule has 0 unspecified atom stereocenters. The molecule has 4 aromatic rings. The molecule has 5 rings (SSSR count). The van der Waals surface area contributed by atoms with E-state index in [2.05, 4.69) is 48.3 Å². The number of hydrogen-bond acceptors (Lipinski definition) is 12. The van der Waals surface area contributed by atoms with Crippen LogP contribution in [0.15, 0.2) is 80.1 Å². The van der Waals surface area contributed by atoms with E-state index in [0.29, 0.717) is 47.7 Å². The first-order chi connectivity index (χ1) is 24.4. The molecule has 0 saturated heterocycles. The van der Waals surface area contributed by atoms with Crippen LogP contribution in [0.5, 0.6) is 17.2 Å². The van der Waals surface area contributed by atoms with Crippen LogP contribution in [0.4, 0.5) is 5.69 Å². The molecule has 0 fully saturated rings. The molecule has 16 heteroatoms. The molecular weight excluding hydrogens is 861 g/mol. The van der Waals surface area contributed by atoms with E-state index in [1.54, 1.807) is 63.2 Å². The summed E-state index contributed by atoms with van der Waals surface area (Å²) in [6.07, 6.45) is 1.73. The molecule has 0 aliphatic carbocycles. The van der Waals surface area contributed by atoms with Gasteiger partial charge >= 0.3 is 11.9 Å². The van der Waals surface area contributed by atoms with Gasteiger partial charge in [-0.15, -0.1) is 0 Å². The van der Waals surface area contributed by atoms with Crippen LogP contribution in [0, 0.1) is 13.7 Å². The number of thiazole rings is 1. The number of non-ortho nitro benzene ring substituents is 1. The highest BCUT2D eigenvalue weighted by molar-refractivity contribution is 14.1. The molecule has 0 amide bonds. The van der Waals surface area contributed by atoms with Crippen molar-refractivity contribution in [2.45, 2.75) is 33.4 Å². The van der Waals surface area contributed by atoms with Gasteiger partial charge in [0.05, 0.1) is 55.1 Å². The predicted molar refractivity (Wildman–Crippen MR) is 200 cm³/mol. The van der Waals surface area contributed by atoms with Crippen molar-refractivity contribution >= 4 is 73.6 Å². The van der Waals surface area contributed by atoms with Crippen molar-refractivity contribution in [3.8, 4) is 17.2 Å². The van der Waals surface area contributed by atoms with E-state index in [-0.39, 0.29) is 49.0 Å². The molecule has 266 valence electrons. The van der Waals surface area contributed by atoms with Gasteiger partial charge in [0, 0.05) is 12.1 Å². The lowest BCUT2D eigenvalue weighted by molar-refractivity contribution is -0.384. The zero-order valence-electron chi connectivity index (χ0n) is 27.8. The van der Waals surface area contributed by atoms with Crippen molar-refractivity contribution in [2.75, 3.05) is 26.9 Å². The zero-order valence-corrected chi connectivity index (χ0v) is 32.3. The fourth-order valence-corrected chi connectivity index (χ4v) is 8.07. The zero-order chi connectivity index (χ0) is 36.8. The molecule has 2 heterocycles. The van der Waals surface area contributed by atoms with Gasteiger partial charge in [-0.2, -0.15) is 0 Å². The third kappa shape index (κ3) is 8.50. The van der Waals surface area contributed by atoms with Crippen LogP contribution >= 0.6 is 49.9 Å². The van der Waals surface area contributed by atoms with E-state index in [9.17, 15) is 24.5 Å². The highest BCUT2D eigenvalue weighted by Gasteiger charge is 2.34. The van der Waals surface area contributed by atoms with Gasteiger partial charge in [-0.05, 0) is 106 Å². The monoisotopic (exact) mass is 891 g/mol. The Balaban J connectivity index is 1.55. The molecule has 0 N–H and O–H groups in total. The average molecular weight is 893 g/mol. The van der Waals surface area contributed by atoms with Gasteiger partial charge in [-0.1, -0.05) is 29.5 Å². The standard InChI is InChI=1S/C35H31BrIN3O10S/c1-5-47-27-16-22(10-11-26(27)49-18-29(41)46-4)31-30(34(43)48-6-2)19(3)38-35-39(31)33(42)28(51-35)15-21-13-24(36)32(25(37)14-21)50-17-20-8-7-9-23(12-20)40(44)45/h7-16,31H,5-6,17-18H2,1-4H3/b28-15-/t31-/m0/s1. The number of methoxy groups -OCH3 is 1. The first-order valence-electron chi connectivity index (χ1n) is 15.5. The number of fused-ring (bicyclic) bond motifs is 1. The number of nitro groups is 1. The number of hydrogen-bond donors (Lipinski definition) is 0. The Morgan fingerprint density at radius 2 is 1.86 bits per heavy atom. The minimum atomic E-state index is -0.909. The third-order valence-corrected chi connectivity index (χ3v) is 9.87. The van der Waals surface area contributed by atoms with Crippen molar-refractivity contribution < 1.29 is 38.2 Å². The lowest BCUT2D eigenvalue weighted by Crippen LogP contribution is -2.40. The van der Waals surface area contributed by atoms with Gasteiger partial charge in [-0.25, -0.2) is 14.6 Å². The number of ether oxygens (including phenoxy) is 5. The first kappa shape index (κ1) is 37.7. The summed E-state index contributed by atoms with van der Waals surface area (Å²) >= 11 is 6.87. The number of aromatic nitrogens is 1. The van der Waals surface area contributed by atoms with E-state index >= 15 is 0 Å². The van der Waals surface area contributed by atoms with E-state index in [4.69, 9.17) is 18.9 Å². The molecular formula is C35H31BrIN3O10S. The lowest BCUT2D eigenvalue weighted by atomic mass is 9.95. The van der Waals surface area contributed by atoms with Crippen LogP contribution in [0.25, 0.3) is 6.08 Å². The Morgan fingerprint density at radius 1 is 1.08 bits per heavy atom. The van der Waals surface area contributed by atoms with Gasteiger partial charge in [0.2, 0.25) is 0 Å². The van der Waals surface area contributed by atoms with E-state index < -0.39 is 22.9 Å². The van der Waals surface area contributed by atoms with Crippen molar-refractivity contribution in [1.82, 2.24) is 4.57 Å². The normalized spacial score (nSPS) is 14.0. The second kappa shape index (κ2) is 16.6. The maximum Gasteiger partial charge on any atom is 0.343 e. The topological polar surface area (TPSA) is 158 Å². The van der Waals surface area contributed by atoms with Gasteiger partial charge < -0.3 is 23.7 Å². The number of esters is 2. The molecule has 1 atom stereocenters. The minimum Gasteiger partial charge on any atom is -0.490 e. The molecule has 51 heavy (non-hydrogen) atoms. The smallest absolute Gasteiger partial charge is 0.343 e. The van der Waals surface area contributed by atoms with Crippen LogP contribution in [0.1, 0.15) is 43.5 Å². The Bertz CT molecular complexity index is 2210. The van der Waals surface area contributed by atoms with E-state index in [1.165, 1.54) is 35.1 Å². The van der Waals surface area contributed by atoms with Gasteiger partial charge in [0.25, 0.3) is 11.2 Å². The fourth-order valence-electron chi connectivity index (χ4n) is 5.25. The Kier molecular flexibility index (Phi) is 12.3. The number of nitro benzene ring substituents is 1. The van der Waals surface area contributed by atoms with Crippen molar-refractivity contribution in [3.63, 3.8) is 0 Å². The van der Waals surface area contributed by atoms with Crippen LogP contribution in [-0.4, -0.2) is 48.4 Å². The highest BCUT2D eigenvalue weighted by atomic mass is 127. The van der Waals surface area contributed by atoms with Gasteiger partial charge in [-0.3, -0.25) is 19.5 Å². The molecule has 13 nitrogen and oxygen atoms in total. The SMILES string of the molecule is CCOC(=O)C1=C(C)N=c2s/c(=C\c3cc(Br)c(OCc4cccc([N+](=O)[O-])c4)c(I)c3)c(=O)n2[C@H]1c1ccc(OCC(=O)OC)c(OCC)c1. The van der Waals surface area contributed by atoms with Crippen LogP contribution in [0.2, 0.25) is 0 Å². The summed E-state index contributed by atoms with van der Waals surface area (Å²) in [4.78, 5) is 55.1. The minimum absolute atomic E-state index is 0.0233. The third-order valence-electron chi connectivity index (χ3n) is 7.50. The van der Waals surface area contributed by atoms with Gasteiger partial charge in [0.1, 0.15) is 12.4 Å². The molecule has 0 bridgehead atoms. The van der Waals surface area contributed by atoms with Crippen molar-refractivity contribution in [3.05, 3.63) is 120 Å². The number of allylic oxidation sites excluding steroid dienone is 1. The molecule has 0 saturated carbocycles. The van der Waals surface area contributed by atoms with Crippen LogP contribution in [-0.2, 0) is 25.7 Å². The Hall–Kier alpha value is -4.55. The van der Waals surface area contributed by atoms with Gasteiger partial charge in [0.15, 0.2) is 22.9 Å². The molecule has 1 aliphatic rings. The highest BCUT2D eigenvalue weighted by Crippen LogP contribution is 2.37. The fraction of sp³-hybridized carbons (Fsp3) is 0.257. The predicted octanol–water partition coefficient (Wildman–Crippen LogP) is 5.60. The maximum absolute atomic E-state index is 14.2. The van der Waals surface area contributed by atoms with Crippen molar-refractivity contribution in [2.24, 2.45) is 4.99 Å². The Labute approximate surface area is 317 Å². The summed E-state index contributed by atoms with van der Waals surface area (Å²) < 4.78 is 30.8. The quantitative estimate of drug-likeness (QED) is 0.0716.